The molecule has 0 saturated carbocycles. The molecule has 0 amide bonds. The third-order valence-electron chi connectivity index (χ3n) is 2.90. The van der Waals surface area contributed by atoms with E-state index in [9.17, 15) is 5.11 Å². The van der Waals surface area contributed by atoms with Crippen molar-refractivity contribution in [2.75, 3.05) is 7.05 Å². The molecule has 98 valence electrons. The topological polar surface area (TPSA) is 32.6 Å². The average molecular weight is 271 g/mol. The maximum Gasteiger partial charge on any atom is 0.123 e. The molecule has 0 bridgehead atoms. The molecule has 2 aromatic carbocycles. The van der Waals surface area contributed by atoms with Gasteiger partial charge in [0.2, 0.25) is 0 Å². The van der Waals surface area contributed by atoms with Crippen LogP contribution in [-0.4, -0.2) is 18.4 Å². The number of aliphatic imine (C=N–C) groups is 1. The second-order valence-corrected chi connectivity index (χ2v) is 5.95. The van der Waals surface area contributed by atoms with E-state index >= 15 is 0 Å². The van der Waals surface area contributed by atoms with E-state index < -0.39 is 0 Å². The molecule has 0 aliphatic heterocycles. The molecule has 0 aliphatic carbocycles. The van der Waals surface area contributed by atoms with Crippen molar-refractivity contribution in [1.29, 1.82) is 0 Å². The van der Waals surface area contributed by atoms with Crippen LogP contribution in [0.25, 0.3) is 0 Å². The molecule has 19 heavy (non-hydrogen) atoms. The van der Waals surface area contributed by atoms with Gasteiger partial charge < -0.3 is 5.11 Å². The molecular weight excluding hydrogens is 253 g/mol. The molecule has 0 spiro atoms. The minimum atomic E-state index is 0.365. The van der Waals surface area contributed by atoms with Crippen molar-refractivity contribution in [2.24, 2.45) is 4.99 Å². The summed E-state index contributed by atoms with van der Waals surface area (Å²) in [7, 11) is 2.21. The lowest BCUT2D eigenvalue weighted by atomic mass is 10.1. The quantitative estimate of drug-likeness (QED) is 0.675. The highest BCUT2D eigenvalue weighted by molar-refractivity contribution is 7.56. The SMILES string of the molecule is C/N=C/c1cc(C)ccc1Pc1cc(C)ccc1O. The number of rotatable bonds is 3. The van der Waals surface area contributed by atoms with Gasteiger partial charge >= 0.3 is 0 Å². The summed E-state index contributed by atoms with van der Waals surface area (Å²) in [6, 6.07) is 12.1. The minimum absolute atomic E-state index is 0.365. The van der Waals surface area contributed by atoms with Gasteiger partial charge in [-0.05, 0) is 37.4 Å². The van der Waals surface area contributed by atoms with Gasteiger partial charge in [0.15, 0.2) is 0 Å². The molecule has 1 unspecified atom stereocenters. The number of hydrogen-bond donors (Lipinski definition) is 1. The van der Waals surface area contributed by atoms with Gasteiger partial charge in [0, 0.05) is 24.1 Å². The minimum Gasteiger partial charge on any atom is -0.507 e. The molecule has 2 nitrogen and oxygen atoms in total. The Morgan fingerprint density at radius 3 is 2.42 bits per heavy atom. The molecule has 0 radical (unpaired) electrons. The monoisotopic (exact) mass is 271 g/mol. The fraction of sp³-hybridized carbons (Fsp3) is 0.188. The molecule has 1 atom stereocenters. The van der Waals surface area contributed by atoms with Crippen LogP contribution in [0.2, 0.25) is 0 Å². The van der Waals surface area contributed by atoms with Crippen LogP contribution in [-0.2, 0) is 0 Å². The van der Waals surface area contributed by atoms with E-state index in [4.69, 9.17) is 0 Å². The normalized spacial score (nSPS) is 11.7. The highest BCUT2D eigenvalue weighted by Gasteiger charge is 2.06. The van der Waals surface area contributed by atoms with Crippen LogP contribution in [0, 0.1) is 13.8 Å². The first-order valence-electron chi connectivity index (χ1n) is 6.19. The van der Waals surface area contributed by atoms with E-state index in [1.165, 1.54) is 10.9 Å². The second kappa shape index (κ2) is 5.99. The van der Waals surface area contributed by atoms with Gasteiger partial charge in [-0.2, -0.15) is 0 Å². The smallest absolute Gasteiger partial charge is 0.123 e. The third-order valence-corrected chi connectivity index (χ3v) is 4.29. The molecule has 2 aromatic rings. The molecule has 0 aliphatic rings. The van der Waals surface area contributed by atoms with E-state index in [0.29, 0.717) is 14.3 Å². The van der Waals surface area contributed by atoms with E-state index in [2.05, 4.69) is 30.1 Å². The number of nitrogens with zero attached hydrogens (tertiary/aromatic N) is 1. The summed E-state index contributed by atoms with van der Waals surface area (Å²) in [5, 5.41) is 12.1. The zero-order valence-corrected chi connectivity index (χ0v) is 12.4. The molecule has 0 heterocycles. The Morgan fingerprint density at radius 1 is 1.00 bits per heavy atom. The van der Waals surface area contributed by atoms with Gasteiger partial charge in [0.25, 0.3) is 0 Å². The van der Waals surface area contributed by atoms with E-state index in [0.717, 1.165) is 16.4 Å². The second-order valence-electron chi connectivity index (χ2n) is 4.62. The zero-order valence-electron chi connectivity index (χ0n) is 11.4. The number of hydrogen-bond acceptors (Lipinski definition) is 2. The van der Waals surface area contributed by atoms with Crippen molar-refractivity contribution in [3.8, 4) is 5.75 Å². The van der Waals surface area contributed by atoms with Crippen LogP contribution in [0.15, 0.2) is 41.4 Å². The van der Waals surface area contributed by atoms with Crippen molar-refractivity contribution in [3.05, 3.63) is 53.1 Å². The van der Waals surface area contributed by atoms with Gasteiger partial charge in [0.1, 0.15) is 5.75 Å². The van der Waals surface area contributed by atoms with E-state index in [1.54, 1.807) is 13.1 Å². The predicted molar refractivity (Wildman–Crippen MR) is 85.1 cm³/mol. The summed E-state index contributed by atoms with van der Waals surface area (Å²) in [5.41, 5.74) is 3.51. The first-order valence-corrected chi connectivity index (χ1v) is 7.19. The van der Waals surface area contributed by atoms with Crippen molar-refractivity contribution < 1.29 is 5.11 Å². The van der Waals surface area contributed by atoms with Crippen molar-refractivity contribution in [3.63, 3.8) is 0 Å². The lowest BCUT2D eigenvalue weighted by molar-refractivity contribution is 0.479. The largest absolute Gasteiger partial charge is 0.507 e. The standard InChI is InChI=1S/C16H18NOP/c1-11-5-7-15(13(8-11)10-17-3)19-16-9-12(2)4-6-14(16)18/h4-10,18-19H,1-3H3/b17-10+. The van der Waals surface area contributed by atoms with Crippen molar-refractivity contribution >= 4 is 25.4 Å². The van der Waals surface area contributed by atoms with Crippen LogP contribution in [0.1, 0.15) is 16.7 Å². The van der Waals surface area contributed by atoms with E-state index in [1.807, 2.05) is 25.3 Å². The highest BCUT2D eigenvalue weighted by atomic mass is 31.1. The Kier molecular flexibility index (Phi) is 4.34. The Labute approximate surface area is 116 Å². The Hall–Kier alpha value is -1.66. The molecule has 1 N–H and O–H groups in total. The highest BCUT2D eigenvalue weighted by Crippen LogP contribution is 2.21. The number of phenols is 1. The summed E-state index contributed by atoms with van der Waals surface area (Å²) >= 11 is 0. The summed E-state index contributed by atoms with van der Waals surface area (Å²) < 4.78 is 0. The molecular formula is C16H18NOP. The van der Waals surface area contributed by atoms with Crippen LogP contribution >= 0.6 is 8.58 Å². The van der Waals surface area contributed by atoms with Gasteiger partial charge in [0.05, 0.1) is 0 Å². The molecule has 0 aromatic heterocycles. The van der Waals surface area contributed by atoms with Crippen LogP contribution in [0.3, 0.4) is 0 Å². The summed E-state index contributed by atoms with van der Waals surface area (Å²) in [6.07, 6.45) is 1.88. The third kappa shape index (κ3) is 3.42. The van der Waals surface area contributed by atoms with Gasteiger partial charge in [-0.15, -0.1) is 0 Å². The summed E-state index contributed by atoms with van der Waals surface area (Å²) in [5.74, 6) is 0.365. The van der Waals surface area contributed by atoms with Gasteiger partial charge in [-0.1, -0.05) is 37.9 Å². The van der Waals surface area contributed by atoms with Crippen LogP contribution in [0.5, 0.6) is 5.75 Å². The number of aromatic hydroxyl groups is 1. The van der Waals surface area contributed by atoms with Crippen LogP contribution < -0.4 is 10.6 Å². The zero-order chi connectivity index (χ0) is 13.8. The molecule has 0 fully saturated rings. The average Bonchev–Trinajstić information content (AvgIpc) is 2.37. The fourth-order valence-corrected chi connectivity index (χ4v) is 3.19. The maximum absolute atomic E-state index is 9.94. The lowest BCUT2D eigenvalue weighted by Gasteiger charge is -2.09. The number of phenolic OH excluding ortho intramolecular Hbond substituents is 1. The van der Waals surface area contributed by atoms with Crippen LogP contribution in [0.4, 0.5) is 0 Å². The van der Waals surface area contributed by atoms with Gasteiger partial charge in [-0.25, -0.2) is 0 Å². The number of aryl methyl sites for hydroxylation is 2. The fourth-order valence-electron chi connectivity index (χ4n) is 1.94. The van der Waals surface area contributed by atoms with Gasteiger partial charge in [-0.3, -0.25) is 4.99 Å². The van der Waals surface area contributed by atoms with Crippen molar-refractivity contribution in [1.82, 2.24) is 0 Å². The summed E-state index contributed by atoms with van der Waals surface area (Å²) in [6.45, 7) is 4.11. The van der Waals surface area contributed by atoms with E-state index in [-0.39, 0.29) is 0 Å². The first kappa shape index (κ1) is 13.8. The first-order chi connectivity index (χ1) is 9.10. The summed E-state index contributed by atoms with van der Waals surface area (Å²) in [4.78, 5) is 4.11. The molecule has 2 rings (SSSR count). The number of benzene rings is 2. The Balaban J connectivity index is 2.40. The Bertz CT molecular complexity index is 620. The van der Waals surface area contributed by atoms with Crippen molar-refractivity contribution in [2.45, 2.75) is 13.8 Å². The predicted octanol–water partition coefficient (Wildman–Crippen LogP) is 2.69. The molecule has 0 saturated heterocycles. The molecule has 3 heteroatoms. The Morgan fingerprint density at radius 2 is 1.68 bits per heavy atom. The maximum atomic E-state index is 9.94. The lowest BCUT2D eigenvalue weighted by Crippen LogP contribution is -2.10.